The molecule has 0 atom stereocenters. The van der Waals surface area contributed by atoms with Gasteiger partial charge in [0.2, 0.25) is 0 Å². The molecule has 1 saturated carbocycles. The predicted molar refractivity (Wildman–Crippen MR) is 134 cm³/mol. The first-order valence-electron chi connectivity index (χ1n) is 12.2. The largest absolute Gasteiger partial charge is 0.419 e. The Kier molecular flexibility index (Phi) is 7.79. The highest BCUT2D eigenvalue weighted by Gasteiger charge is 2.25. The van der Waals surface area contributed by atoms with Crippen LogP contribution >= 0.6 is 0 Å². The lowest BCUT2D eigenvalue weighted by atomic mass is 9.83. The van der Waals surface area contributed by atoms with Gasteiger partial charge < -0.3 is 9.47 Å². The number of rotatable bonds is 7. The average Bonchev–Trinajstić information content (AvgIpc) is 2.87. The van der Waals surface area contributed by atoms with Gasteiger partial charge in [-0.25, -0.2) is 9.59 Å². The maximum absolute atomic E-state index is 13.0. The molecule has 0 saturated heterocycles. The predicted octanol–water partition coefficient (Wildman–Crippen LogP) is 7.37. The Labute approximate surface area is 201 Å². The van der Waals surface area contributed by atoms with E-state index in [1.807, 2.05) is 18.2 Å². The second-order valence-electron chi connectivity index (χ2n) is 9.45. The van der Waals surface area contributed by atoms with Crippen LogP contribution in [0.1, 0.15) is 83.7 Å². The van der Waals surface area contributed by atoms with Gasteiger partial charge in [-0.15, -0.1) is 0 Å². The average molecular weight is 457 g/mol. The van der Waals surface area contributed by atoms with Crippen molar-refractivity contribution < 1.29 is 19.1 Å². The minimum atomic E-state index is -0.465. The molecule has 0 heterocycles. The van der Waals surface area contributed by atoms with Crippen LogP contribution < -0.4 is 9.47 Å². The van der Waals surface area contributed by atoms with Gasteiger partial charge in [0.25, 0.3) is 0 Å². The van der Waals surface area contributed by atoms with Gasteiger partial charge in [0.15, 0.2) is 11.5 Å². The summed E-state index contributed by atoms with van der Waals surface area (Å²) in [4.78, 5) is 26.0. The van der Waals surface area contributed by atoms with Crippen LogP contribution in [0.15, 0.2) is 72.8 Å². The van der Waals surface area contributed by atoms with Crippen LogP contribution in [-0.2, 0) is 6.42 Å². The quantitative estimate of drug-likeness (QED) is 0.275. The first-order chi connectivity index (χ1) is 16.5. The zero-order chi connectivity index (χ0) is 23.9. The van der Waals surface area contributed by atoms with Gasteiger partial charge in [-0.2, -0.15) is 0 Å². The van der Waals surface area contributed by atoms with Crippen molar-refractivity contribution in [1.29, 1.82) is 0 Å². The van der Waals surface area contributed by atoms with Crippen LogP contribution in [0.4, 0.5) is 0 Å². The fourth-order valence-electron chi connectivity index (χ4n) is 4.60. The third kappa shape index (κ3) is 5.93. The van der Waals surface area contributed by atoms with Gasteiger partial charge >= 0.3 is 11.9 Å². The molecule has 0 aliphatic heterocycles. The highest BCUT2D eigenvalue weighted by molar-refractivity contribution is 5.93. The van der Waals surface area contributed by atoms with E-state index in [4.69, 9.17) is 9.47 Å². The zero-order valence-corrected chi connectivity index (χ0v) is 20.0. The number of benzene rings is 3. The molecule has 1 fully saturated rings. The molecule has 176 valence electrons. The maximum Gasteiger partial charge on any atom is 0.343 e. The molecule has 4 nitrogen and oxygen atoms in total. The summed E-state index contributed by atoms with van der Waals surface area (Å²) in [5.41, 5.74) is 2.97. The molecule has 0 aromatic heterocycles. The van der Waals surface area contributed by atoms with Crippen molar-refractivity contribution in [1.82, 2.24) is 0 Å². The molecule has 4 rings (SSSR count). The summed E-state index contributed by atoms with van der Waals surface area (Å²) in [6, 6.07) is 21.9. The minimum Gasteiger partial charge on any atom is -0.419 e. The van der Waals surface area contributed by atoms with Crippen molar-refractivity contribution in [3.8, 4) is 11.5 Å². The second-order valence-corrected chi connectivity index (χ2v) is 9.45. The van der Waals surface area contributed by atoms with Crippen molar-refractivity contribution >= 4 is 11.9 Å². The van der Waals surface area contributed by atoms with E-state index >= 15 is 0 Å². The molecule has 1 aliphatic carbocycles. The Morgan fingerprint density at radius 1 is 0.794 bits per heavy atom. The third-order valence-electron chi connectivity index (χ3n) is 6.28. The fourth-order valence-corrected chi connectivity index (χ4v) is 4.60. The summed E-state index contributed by atoms with van der Waals surface area (Å²) in [7, 11) is 0. The fraction of sp³-hybridized carbons (Fsp3) is 0.333. The van der Waals surface area contributed by atoms with E-state index in [1.165, 1.54) is 19.3 Å². The molecular formula is C30H32O4. The molecule has 1 aliphatic rings. The first kappa shape index (κ1) is 23.7. The molecule has 0 radical (unpaired) electrons. The van der Waals surface area contributed by atoms with E-state index in [-0.39, 0.29) is 0 Å². The smallest absolute Gasteiger partial charge is 0.343 e. The molecule has 0 spiro atoms. The normalized spacial score (nSPS) is 14.1. The van der Waals surface area contributed by atoms with Crippen LogP contribution in [0, 0.1) is 5.92 Å². The maximum atomic E-state index is 13.0. The van der Waals surface area contributed by atoms with Crippen molar-refractivity contribution in [2.45, 2.75) is 58.3 Å². The van der Waals surface area contributed by atoms with E-state index in [1.54, 1.807) is 48.5 Å². The van der Waals surface area contributed by atoms with Crippen molar-refractivity contribution in [3.05, 3.63) is 95.1 Å². The van der Waals surface area contributed by atoms with Gasteiger partial charge in [-0.05, 0) is 72.6 Å². The molecule has 0 unspecified atom stereocenters. The molecule has 3 aromatic carbocycles. The van der Waals surface area contributed by atoms with Crippen molar-refractivity contribution in [2.24, 2.45) is 5.92 Å². The third-order valence-corrected chi connectivity index (χ3v) is 6.28. The highest BCUT2D eigenvalue weighted by atomic mass is 16.6. The summed E-state index contributed by atoms with van der Waals surface area (Å²) in [6.07, 6.45) is 6.63. The lowest BCUT2D eigenvalue weighted by Gasteiger charge is -2.25. The summed E-state index contributed by atoms with van der Waals surface area (Å²) in [6.45, 7) is 4.26. The number of ether oxygens (including phenoxy) is 2. The van der Waals surface area contributed by atoms with Gasteiger partial charge in [0.1, 0.15) is 0 Å². The minimum absolute atomic E-state index is 0.317. The van der Waals surface area contributed by atoms with Gasteiger partial charge in [-0.1, -0.05) is 75.6 Å². The Morgan fingerprint density at radius 3 is 1.91 bits per heavy atom. The number of esters is 2. The first-order valence-corrected chi connectivity index (χ1v) is 12.2. The lowest BCUT2D eigenvalue weighted by molar-refractivity contribution is 0.0680. The Bertz CT molecular complexity index is 1110. The number of carbonyl (C=O) groups is 2. The Hall–Kier alpha value is -3.40. The second kappa shape index (κ2) is 11.1. The lowest BCUT2D eigenvalue weighted by Crippen LogP contribution is -2.15. The topological polar surface area (TPSA) is 52.6 Å². The molecule has 0 amide bonds. The van der Waals surface area contributed by atoms with E-state index < -0.39 is 11.9 Å². The SMILES string of the molecule is CC(C)Cc1cc(C2CCCCC2)cc(OC(=O)c2ccccc2)c1OC(=O)c1ccccc1. The molecule has 0 bridgehead atoms. The van der Waals surface area contributed by atoms with Gasteiger partial charge in [0, 0.05) is 0 Å². The van der Waals surface area contributed by atoms with Crippen molar-refractivity contribution in [2.75, 3.05) is 0 Å². The summed E-state index contributed by atoms with van der Waals surface area (Å²) in [5.74, 6) is 0.492. The molecule has 3 aromatic rings. The zero-order valence-electron chi connectivity index (χ0n) is 20.0. The van der Waals surface area contributed by atoms with Crippen LogP contribution in [0.25, 0.3) is 0 Å². The van der Waals surface area contributed by atoms with Crippen LogP contribution in [0.5, 0.6) is 11.5 Å². The van der Waals surface area contributed by atoms with Crippen LogP contribution in [0.2, 0.25) is 0 Å². The van der Waals surface area contributed by atoms with Gasteiger partial charge in [-0.3, -0.25) is 0 Å². The Morgan fingerprint density at radius 2 is 1.35 bits per heavy atom. The van der Waals surface area contributed by atoms with Gasteiger partial charge in [0.05, 0.1) is 11.1 Å². The molecule has 34 heavy (non-hydrogen) atoms. The number of carbonyl (C=O) groups excluding carboxylic acids is 2. The Balaban J connectivity index is 1.76. The summed E-state index contributed by atoms with van der Waals surface area (Å²) >= 11 is 0. The standard InChI is InChI=1S/C30H32O4/c1-21(2)18-26-19-25(22-12-6-3-7-13-22)20-27(33-29(31)23-14-8-4-9-15-23)28(26)34-30(32)24-16-10-5-11-17-24/h4-5,8-11,14-17,19-22H,3,6-7,12-13,18H2,1-2H3. The summed E-state index contributed by atoms with van der Waals surface area (Å²) in [5, 5.41) is 0. The van der Waals surface area contributed by atoms with Crippen LogP contribution in [0.3, 0.4) is 0 Å². The van der Waals surface area contributed by atoms with Crippen molar-refractivity contribution in [3.63, 3.8) is 0 Å². The van der Waals surface area contributed by atoms with E-state index in [2.05, 4.69) is 19.9 Å². The van der Waals surface area contributed by atoms with E-state index in [9.17, 15) is 9.59 Å². The highest BCUT2D eigenvalue weighted by Crippen LogP contribution is 2.41. The monoisotopic (exact) mass is 456 g/mol. The van der Waals surface area contributed by atoms with E-state index in [0.717, 1.165) is 24.0 Å². The molecule has 4 heteroatoms. The summed E-state index contributed by atoms with van der Waals surface area (Å²) < 4.78 is 11.8. The molecule has 0 N–H and O–H groups in total. The molecular weight excluding hydrogens is 424 g/mol. The number of hydrogen-bond donors (Lipinski definition) is 0. The number of hydrogen-bond acceptors (Lipinski definition) is 4. The van der Waals surface area contributed by atoms with Crippen LogP contribution in [-0.4, -0.2) is 11.9 Å². The van der Waals surface area contributed by atoms with E-state index in [0.29, 0.717) is 40.9 Å².